The number of aliphatic carboxylic acids is 1. The maximum absolute atomic E-state index is 9.14. The molecule has 0 aliphatic carbocycles. The standard InChI is InChI=1S/C6H16N.C3H4O2/c1-5-7(3,4)6-2;1-2-3(4)5/h5-6H2,1-4H3;2H,1H2,(H,4,5)/q+1;/p-1. The number of hydrogen-bond acceptors (Lipinski definition) is 2. The Morgan fingerprint density at radius 3 is 1.67 bits per heavy atom. The van der Waals surface area contributed by atoms with Crippen LogP contribution in [-0.2, 0) is 4.79 Å². The predicted molar refractivity (Wildman–Crippen MR) is 48.4 cm³/mol. The van der Waals surface area contributed by atoms with Crippen LogP contribution in [0, 0.1) is 0 Å². The van der Waals surface area contributed by atoms with Crippen molar-refractivity contribution in [2.45, 2.75) is 13.8 Å². The summed E-state index contributed by atoms with van der Waals surface area (Å²) in [7, 11) is 4.47. The van der Waals surface area contributed by atoms with Crippen molar-refractivity contribution in [3.8, 4) is 0 Å². The zero-order chi connectivity index (χ0) is 10.2. The normalized spacial score (nSPS) is 9.67. The van der Waals surface area contributed by atoms with Crippen LogP contribution in [0.1, 0.15) is 13.8 Å². The SMILES string of the molecule is C=CC(=O)[O-].CC[N+](C)(C)CC. The van der Waals surface area contributed by atoms with E-state index in [1.54, 1.807) is 0 Å². The van der Waals surface area contributed by atoms with Crippen molar-refractivity contribution in [2.24, 2.45) is 0 Å². The van der Waals surface area contributed by atoms with Crippen molar-refractivity contribution in [1.82, 2.24) is 0 Å². The van der Waals surface area contributed by atoms with E-state index in [9.17, 15) is 0 Å². The van der Waals surface area contributed by atoms with Gasteiger partial charge in [0.25, 0.3) is 0 Å². The summed E-state index contributed by atoms with van der Waals surface area (Å²) in [5, 5.41) is 9.14. The Balaban J connectivity index is 0. The summed E-state index contributed by atoms with van der Waals surface area (Å²) in [6.45, 7) is 9.79. The molecule has 0 rings (SSSR count). The Morgan fingerprint density at radius 1 is 1.42 bits per heavy atom. The van der Waals surface area contributed by atoms with E-state index < -0.39 is 5.97 Å². The average Bonchev–Trinajstić information content (AvgIpc) is 2.05. The molecule has 0 radical (unpaired) electrons. The Kier molecular flexibility index (Phi) is 7.85. The van der Waals surface area contributed by atoms with E-state index >= 15 is 0 Å². The van der Waals surface area contributed by atoms with Gasteiger partial charge in [-0.1, -0.05) is 6.58 Å². The van der Waals surface area contributed by atoms with Gasteiger partial charge in [-0.3, -0.25) is 0 Å². The van der Waals surface area contributed by atoms with Crippen molar-refractivity contribution in [3.05, 3.63) is 12.7 Å². The summed E-state index contributed by atoms with van der Waals surface area (Å²) in [5.41, 5.74) is 0. The molecule has 12 heavy (non-hydrogen) atoms. The van der Waals surface area contributed by atoms with E-state index in [0.29, 0.717) is 0 Å². The van der Waals surface area contributed by atoms with E-state index in [0.717, 1.165) is 10.6 Å². The molecular formula is C9H19NO2. The molecule has 0 amide bonds. The fourth-order valence-corrected chi connectivity index (χ4v) is 0.224. The molecule has 0 fully saturated rings. The molecule has 0 bridgehead atoms. The van der Waals surface area contributed by atoms with Gasteiger partial charge in [-0.05, 0) is 19.9 Å². The number of carbonyl (C=O) groups is 1. The number of carboxylic acid groups (broad SMARTS) is 1. The van der Waals surface area contributed by atoms with Gasteiger partial charge in [0.1, 0.15) is 0 Å². The minimum Gasteiger partial charge on any atom is -0.545 e. The maximum atomic E-state index is 9.14. The minimum absolute atomic E-state index is 0.722. The second-order valence-corrected chi connectivity index (χ2v) is 3.09. The third kappa shape index (κ3) is 11.9. The van der Waals surface area contributed by atoms with Crippen LogP contribution in [0.2, 0.25) is 0 Å². The first kappa shape index (κ1) is 13.7. The van der Waals surface area contributed by atoms with Gasteiger partial charge in [0.05, 0.1) is 33.2 Å². The Labute approximate surface area is 74.9 Å². The van der Waals surface area contributed by atoms with Crippen LogP contribution >= 0.6 is 0 Å². The molecule has 0 saturated carbocycles. The van der Waals surface area contributed by atoms with Gasteiger partial charge >= 0.3 is 0 Å². The lowest BCUT2D eigenvalue weighted by atomic mass is 10.5. The van der Waals surface area contributed by atoms with Crippen molar-refractivity contribution < 1.29 is 14.4 Å². The van der Waals surface area contributed by atoms with E-state index in [-0.39, 0.29) is 0 Å². The van der Waals surface area contributed by atoms with Crippen LogP contribution in [0.3, 0.4) is 0 Å². The Bertz CT molecular complexity index is 135. The highest BCUT2D eigenvalue weighted by Gasteiger charge is 2.04. The molecule has 0 aromatic heterocycles. The third-order valence-corrected chi connectivity index (χ3v) is 1.88. The molecule has 0 unspecified atom stereocenters. The smallest absolute Gasteiger partial charge is 0.0753 e. The monoisotopic (exact) mass is 173 g/mol. The first-order valence-corrected chi connectivity index (χ1v) is 4.05. The molecule has 0 heterocycles. The summed E-state index contributed by atoms with van der Waals surface area (Å²) in [4.78, 5) is 9.14. The number of quaternary nitrogens is 1. The van der Waals surface area contributed by atoms with Crippen molar-refractivity contribution in [1.29, 1.82) is 0 Å². The Morgan fingerprint density at radius 2 is 1.67 bits per heavy atom. The molecule has 0 spiro atoms. The zero-order valence-electron chi connectivity index (χ0n) is 8.46. The first-order valence-electron chi connectivity index (χ1n) is 4.05. The molecule has 0 N–H and O–H groups in total. The molecule has 0 aliphatic heterocycles. The number of carboxylic acids is 1. The molecule has 0 aromatic rings. The number of nitrogens with zero attached hydrogens (tertiary/aromatic N) is 1. The highest BCUT2D eigenvalue weighted by molar-refractivity contribution is 5.76. The van der Waals surface area contributed by atoms with Crippen LogP contribution in [0.25, 0.3) is 0 Å². The van der Waals surface area contributed by atoms with Gasteiger partial charge < -0.3 is 14.4 Å². The summed E-state index contributed by atoms with van der Waals surface area (Å²) in [6.07, 6.45) is 0.722. The van der Waals surface area contributed by atoms with Crippen LogP contribution in [0.15, 0.2) is 12.7 Å². The van der Waals surface area contributed by atoms with E-state index in [4.69, 9.17) is 9.90 Å². The zero-order valence-corrected chi connectivity index (χ0v) is 8.46. The van der Waals surface area contributed by atoms with Crippen molar-refractivity contribution in [2.75, 3.05) is 27.2 Å². The topological polar surface area (TPSA) is 40.1 Å². The first-order chi connectivity index (χ1) is 5.39. The van der Waals surface area contributed by atoms with Gasteiger partial charge in [0, 0.05) is 0 Å². The summed E-state index contributed by atoms with van der Waals surface area (Å²) in [6, 6.07) is 0. The quantitative estimate of drug-likeness (QED) is 0.446. The number of hydrogen-bond donors (Lipinski definition) is 0. The van der Waals surface area contributed by atoms with E-state index in [2.05, 4.69) is 34.5 Å². The average molecular weight is 173 g/mol. The van der Waals surface area contributed by atoms with Crippen LogP contribution < -0.4 is 5.11 Å². The Hall–Kier alpha value is -0.830. The molecular weight excluding hydrogens is 154 g/mol. The van der Waals surface area contributed by atoms with Crippen molar-refractivity contribution >= 4 is 5.97 Å². The molecule has 0 aromatic carbocycles. The molecule has 3 nitrogen and oxygen atoms in total. The predicted octanol–water partition coefficient (Wildman–Crippen LogP) is 0.0249. The maximum Gasteiger partial charge on any atom is 0.0753 e. The summed E-state index contributed by atoms with van der Waals surface area (Å²) in [5.74, 6) is -1.23. The van der Waals surface area contributed by atoms with Gasteiger partial charge in [0.15, 0.2) is 0 Å². The molecule has 0 saturated heterocycles. The van der Waals surface area contributed by atoms with Gasteiger partial charge in [-0.15, -0.1) is 0 Å². The summed E-state index contributed by atoms with van der Waals surface area (Å²) >= 11 is 0. The highest BCUT2D eigenvalue weighted by Crippen LogP contribution is 1.91. The van der Waals surface area contributed by atoms with Gasteiger partial charge in [0.2, 0.25) is 0 Å². The fraction of sp³-hybridized carbons (Fsp3) is 0.667. The highest BCUT2D eigenvalue weighted by atomic mass is 16.4. The fourth-order valence-electron chi connectivity index (χ4n) is 0.224. The molecule has 0 aliphatic rings. The minimum atomic E-state index is -1.23. The summed E-state index contributed by atoms with van der Waals surface area (Å²) < 4.78 is 1.14. The molecule has 0 atom stereocenters. The third-order valence-electron chi connectivity index (χ3n) is 1.88. The second kappa shape index (κ2) is 6.85. The van der Waals surface area contributed by atoms with E-state index in [1.165, 1.54) is 13.1 Å². The van der Waals surface area contributed by atoms with Gasteiger partial charge in [-0.2, -0.15) is 0 Å². The number of carbonyl (C=O) groups excluding carboxylic acids is 1. The van der Waals surface area contributed by atoms with Gasteiger partial charge in [-0.25, -0.2) is 0 Å². The molecule has 3 heteroatoms. The van der Waals surface area contributed by atoms with Crippen LogP contribution in [-0.4, -0.2) is 37.6 Å². The lowest BCUT2D eigenvalue weighted by Gasteiger charge is -2.25. The lowest BCUT2D eigenvalue weighted by molar-refractivity contribution is -0.886. The molecule has 72 valence electrons. The largest absolute Gasteiger partial charge is 0.545 e. The second-order valence-electron chi connectivity index (χ2n) is 3.09. The number of rotatable bonds is 3. The van der Waals surface area contributed by atoms with Crippen molar-refractivity contribution in [3.63, 3.8) is 0 Å². The van der Waals surface area contributed by atoms with Crippen LogP contribution in [0.4, 0.5) is 0 Å². The lowest BCUT2D eigenvalue weighted by Crippen LogP contribution is -2.38. The van der Waals surface area contributed by atoms with Crippen LogP contribution in [0.5, 0.6) is 0 Å². The van der Waals surface area contributed by atoms with E-state index in [1.807, 2.05) is 0 Å².